The second kappa shape index (κ2) is 5.91. The second-order valence-corrected chi connectivity index (χ2v) is 5.52. The van der Waals surface area contributed by atoms with Crippen LogP contribution in [0.15, 0.2) is 4.99 Å². The molecule has 0 bridgehead atoms. The number of piperidine rings is 1. The molecular formula is C12H21N2Se. The van der Waals surface area contributed by atoms with Crippen molar-refractivity contribution in [3.8, 4) is 0 Å². The Morgan fingerprint density at radius 2 is 1.53 bits per heavy atom. The van der Waals surface area contributed by atoms with Crippen LogP contribution in [0.5, 0.6) is 0 Å². The minimum atomic E-state index is 0.608. The summed E-state index contributed by atoms with van der Waals surface area (Å²) in [5.41, 5.74) is 0. The van der Waals surface area contributed by atoms with Gasteiger partial charge in [-0.05, 0) is 0 Å². The van der Waals surface area contributed by atoms with E-state index in [0.29, 0.717) is 6.04 Å². The normalized spacial score (nSPS) is 25.6. The van der Waals surface area contributed by atoms with E-state index >= 15 is 0 Å². The molecule has 2 aliphatic rings. The van der Waals surface area contributed by atoms with E-state index in [0.717, 1.165) is 0 Å². The molecule has 0 amide bonds. The van der Waals surface area contributed by atoms with Crippen LogP contribution in [0.3, 0.4) is 0 Å². The van der Waals surface area contributed by atoms with Crippen molar-refractivity contribution < 1.29 is 0 Å². The first-order valence-corrected chi connectivity index (χ1v) is 7.22. The number of amidine groups is 1. The summed E-state index contributed by atoms with van der Waals surface area (Å²) in [7, 11) is 0. The van der Waals surface area contributed by atoms with Crippen molar-refractivity contribution in [3.05, 3.63) is 0 Å². The van der Waals surface area contributed by atoms with Gasteiger partial charge in [-0.1, -0.05) is 0 Å². The molecule has 2 nitrogen and oxygen atoms in total. The topological polar surface area (TPSA) is 15.6 Å². The van der Waals surface area contributed by atoms with Crippen LogP contribution in [-0.2, 0) is 0 Å². The molecule has 0 N–H and O–H groups in total. The van der Waals surface area contributed by atoms with Gasteiger partial charge in [0.2, 0.25) is 0 Å². The van der Waals surface area contributed by atoms with Crippen molar-refractivity contribution in [2.45, 2.75) is 57.4 Å². The first-order chi connectivity index (χ1) is 7.36. The number of likely N-dealkylation sites (tertiary alicyclic amines) is 1. The zero-order valence-corrected chi connectivity index (χ0v) is 11.2. The molecule has 0 aromatic heterocycles. The Labute approximate surface area is 101 Å². The van der Waals surface area contributed by atoms with Crippen LogP contribution >= 0.6 is 0 Å². The van der Waals surface area contributed by atoms with Gasteiger partial charge in [0.1, 0.15) is 0 Å². The SMILES string of the molecule is [Se]C(=NC1CCCCC1)N1CCCCC1. The molecule has 0 aromatic rings. The van der Waals surface area contributed by atoms with Crippen LogP contribution in [0.25, 0.3) is 0 Å². The fourth-order valence-corrected chi connectivity index (χ4v) is 3.23. The summed E-state index contributed by atoms with van der Waals surface area (Å²) in [5.74, 6) is 0. The molecule has 2 fully saturated rings. The Hall–Kier alpha value is -0.0105. The van der Waals surface area contributed by atoms with Crippen molar-refractivity contribution in [2.75, 3.05) is 13.1 Å². The van der Waals surface area contributed by atoms with Gasteiger partial charge in [0.05, 0.1) is 0 Å². The van der Waals surface area contributed by atoms with E-state index in [1.54, 1.807) is 0 Å². The third kappa shape index (κ3) is 3.49. The van der Waals surface area contributed by atoms with Gasteiger partial charge in [0, 0.05) is 0 Å². The fraction of sp³-hybridized carbons (Fsp3) is 0.917. The number of hydrogen-bond acceptors (Lipinski definition) is 1. The van der Waals surface area contributed by atoms with E-state index in [4.69, 9.17) is 4.99 Å². The summed E-state index contributed by atoms with van der Waals surface area (Å²) in [4.78, 5) is 7.28. The molecule has 0 spiro atoms. The van der Waals surface area contributed by atoms with Gasteiger partial charge in [-0.15, -0.1) is 0 Å². The summed E-state index contributed by atoms with van der Waals surface area (Å²) in [6.45, 7) is 2.41. The standard InChI is InChI=1S/C12H21N2Se/c15-12(14-9-5-2-6-10-14)13-11-7-3-1-4-8-11/h11H,1-10H2. The first-order valence-electron chi connectivity index (χ1n) is 6.36. The maximum absolute atomic E-state index is 4.85. The van der Waals surface area contributed by atoms with Gasteiger partial charge < -0.3 is 0 Å². The van der Waals surface area contributed by atoms with E-state index in [1.165, 1.54) is 69.2 Å². The maximum atomic E-state index is 4.85. The third-order valence-corrected chi connectivity index (χ3v) is 4.26. The summed E-state index contributed by atoms with van der Waals surface area (Å²) >= 11 is 3.17. The molecule has 1 saturated carbocycles. The van der Waals surface area contributed by atoms with Crippen LogP contribution in [0, 0.1) is 0 Å². The third-order valence-electron chi connectivity index (χ3n) is 3.49. The van der Waals surface area contributed by atoms with Gasteiger partial charge >= 0.3 is 101 Å². The van der Waals surface area contributed by atoms with Crippen LogP contribution in [-0.4, -0.2) is 44.8 Å². The summed E-state index contributed by atoms with van der Waals surface area (Å²) in [6.07, 6.45) is 10.9. The predicted octanol–water partition coefficient (Wildman–Crippen LogP) is 2.33. The minimum absolute atomic E-state index is 0.608. The van der Waals surface area contributed by atoms with Crippen LogP contribution in [0.4, 0.5) is 0 Å². The van der Waals surface area contributed by atoms with Crippen LogP contribution in [0.2, 0.25) is 0 Å². The molecule has 3 heteroatoms. The van der Waals surface area contributed by atoms with Gasteiger partial charge in [-0.25, -0.2) is 0 Å². The summed E-state index contributed by atoms with van der Waals surface area (Å²) in [5, 5.41) is 0. The molecule has 1 saturated heterocycles. The molecule has 0 aromatic carbocycles. The first kappa shape index (κ1) is 11.5. The molecule has 1 aliphatic carbocycles. The molecular weight excluding hydrogens is 251 g/mol. The monoisotopic (exact) mass is 273 g/mol. The van der Waals surface area contributed by atoms with Gasteiger partial charge in [-0.3, -0.25) is 0 Å². The van der Waals surface area contributed by atoms with Crippen LogP contribution in [0.1, 0.15) is 51.4 Å². The van der Waals surface area contributed by atoms with Gasteiger partial charge in [0.25, 0.3) is 0 Å². The zero-order chi connectivity index (χ0) is 10.5. The average Bonchev–Trinajstić information content (AvgIpc) is 2.31. The molecule has 15 heavy (non-hydrogen) atoms. The van der Waals surface area contributed by atoms with Crippen molar-refractivity contribution in [3.63, 3.8) is 0 Å². The molecule has 0 unspecified atom stereocenters. The number of aliphatic imine (C=N–C) groups is 1. The van der Waals surface area contributed by atoms with E-state index in [9.17, 15) is 0 Å². The average molecular weight is 272 g/mol. The van der Waals surface area contributed by atoms with E-state index in [-0.39, 0.29) is 0 Å². The Balaban J connectivity index is 1.86. The Morgan fingerprint density at radius 1 is 0.933 bits per heavy atom. The van der Waals surface area contributed by atoms with Crippen molar-refractivity contribution in [1.82, 2.24) is 4.90 Å². The van der Waals surface area contributed by atoms with Crippen LogP contribution < -0.4 is 0 Å². The van der Waals surface area contributed by atoms with Crippen molar-refractivity contribution >= 4 is 20.7 Å². The van der Waals surface area contributed by atoms with Crippen molar-refractivity contribution in [1.29, 1.82) is 0 Å². The number of hydrogen-bond donors (Lipinski definition) is 0. The fourth-order valence-electron chi connectivity index (χ4n) is 2.53. The quantitative estimate of drug-likeness (QED) is 0.406. The van der Waals surface area contributed by atoms with Gasteiger partial charge in [-0.2, -0.15) is 0 Å². The van der Waals surface area contributed by atoms with Gasteiger partial charge in [0.15, 0.2) is 0 Å². The molecule has 1 radical (unpaired) electrons. The summed E-state index contributed by atoms with van der Waals surface area (Å²) < 4.78 is 1.18. The number of nitrogens with zero attached hydrogens (tertiary/aromatic N) is 2. The zero-order valence-electron chi connectivity index (χ0n) is 9.45. The Kier molecular flexibility index (Phi) is 4.52. The predicted molar refractivity (Wildman–Crippen MR) is 65.5 cm³/mol. The second-order valence-electron chi connectivity index (χ2n) is 4.75. The molecule has 0 atom stereocenters. The molecule has 85 valence electrons. The molecule has 1 heterocycles. The van der Waals surface area contributed by atoms with Crippen molar-refractivity contribution in [2.24, 2.45) is 4.99 Å². The van der Waals surface area contributed by atoms with E-state index in [1.807, 2.05) is 0 Å². The van der Waals surface area contributed by atoms with E-state index < -0.39 is 0 Å². The Morgan fingerprint density at radius 3 is 2.20 bits per heavy atom. The molecule has 2 rings (SSSR count). The molecule has 1 aliphatic heterocycles. The number of rotatable bonds is 1. The van der Waals surface area contributed by atoms with E-state index in [2.05, 4.69) is 20.9 Å². The summed E-state index contributed by atoms with van der Waals surface area (Å²) in [6, 6.07) is 0.608. The Bertz CT molecular complexity index is 216.